The van der Waals surface area contributed by atoms with E-state index in [2.05, 4.69) is 40.8 Å². The maximum atomic E-state index is 12.6. The first-order valence-corrected chi connectivity index (χ1v) is 13.2. The van der Waals surface area contributed by atoms with E-state index in [1.807, 2.05) is 36.4 Å². The lowest BCUT2D eigenvalue weighted by Crippen LogP contribution is -2.44. The molecule has 0 saturated carbocycles. The topological polar surface area (TPSA) is 44.8 Å². The molecule has 158 valence electrons. The van der Waals surface area contributed by atoms with Crippen molar-refractivity contribution in [2.75, 3.05) is 6.61 Å². The summed E-state index contributed by atoms with van der Waals surface area (Å²) >= 11 is 0. The van der Waals surface area contributed by atoms with E-state index in [9.17, 15) is 4.79 Å². The molecule has 0 N–H and O–H groups in total. The van der Waals surface area contributed by atoms with Crippen LogP contribution in [0.2, 0.25) is 18.1 Å². The molecule has 0 aliphatic rings. The van der Waals surface area contributed by atoms with Gasteiger partial charge in [-0.15, -0.1) is 0 Å². The molecule has 0 aromatic heterocycles. The fraction of sp³-hybridized carbons (Fsp3) is 0.458. The van der Waals surface area contributed by atoms with Gasteiger partial charge in [0.25, 0.3) is 8.32 Å². The fourth-order valence-corrected chi connectivity index (χ4v) is 3.41. The first-order chi connectivity index (χ1) is 13.6. The monoisotopic (exact) mass is 414 g/mol. The molecule has 0 aliphatic heterocycles. The molecule has 5 heteroatoms. The fourth-order valence-electron chi connectivity index (χ4n) is 2.39. The average molecular weight is 415 g/mol. The lowest BCUT2D eigenvalue weighted by atomic mass is 10.2. The Hall–Kier alpha value is -2.27. The zero-order valence-electron chi connectivity index (χ0n) is 18.6. The van der Waals surface area contributed by atoms with Crippen LogP contribution in [-0.4, -0.2) is 20.9 Å². The predicted octanol–water partition coefficient (Wildman–Crippen LogP) is 6.61. The Bertz CT molecular complexity index is 794. The molecule has 0 spiro atoms. The minimum Gasteiger partial charge on any atom is -0.541 e. The standard InChI is InChI=1S/C24H34O4Si/c1-7-8-16-26-21-15-14-20(17-22(21)28-29(5,6)24(2,3)4)23(25)27-18-19-12-10-9-11-13-19/h9-15,17H,7-8,16,18H2,1-6H3. The van der Waals surface area contributed by atoms with Crippen molar-refractivity contribution in [1.29, 1.82) is 0 Å². The first-order valence-electron chi connectivity index (χ1n) is 10.3. The zero-order chi connectivity index (χ0) is 21.5. The van der Waals surface area contributed by atoms with Crippen molar-refractivity contribution in [2.45, 2.75) is 65.3 Å². The van der Waals surface area contributed by atoms with Gasteiger partial charge in [0.05, 0.1) is 12.2 Å². The highest BCUT2D eigenvalue weighted by atomic mass is 28.4. The predicted molar refractivity (Wildman–Crippen MR) is 120 cm³/mol. The van der Waals surface area contributed by atoms with Crippen molar-refractivity contribution in [1.82, 2.24) is 0 Å². The summed E-state index contributed by atoms with van der Waals surface area (Å²) in [5.74, 6) is 0.943. The van der Waals surface area contributed by atoms with Crippen LogP contribution in [0.5, 0.6) is 11.5 Å². The summed E-state index contributed by atoms with van der Waals surface area (Å²) in [7, 11) is -2.09. The van der Waals surface area contributed by atoms with Gasteiger partial charge in [0.1, 0.15) is 12.4 Å². The number of carbonyl (C=O) groups is 1. The molecular weight excluding hydrogens is 380 g/mol. The maximum Gasteiger partial charge on any atom is 0.338 e. The SMILES string of the molecule is CCCCOc1ccc(C(=O)OCc2ccccc2)cc1O[Si](C)(C)C(C)(C)C. The van der Waals surface area contributed by atoms with E-state index in [1.165, 1.54) is 0 Å². The van der Waals surface area contributed by atoms with E-state index >= 15 is 0 Å². The molecule has 0 heterocycles. The lowest BCUT2D eigenvalue weighted by molar-refractivity contribution is 0.0472. The van der Waals surface area contributed by atoms with Crippen molar-refractivity contribution >= 4 is 14.3 Å². The molecule has 4 nitrogen and oxygen atoms in total. The van der Waals surface area contributed by atoms with Crippen molar-refractivity contribution in [3.8, 4) is 11.5 Å². The minimum absolute atomic E-state index is 0.0392. The summed E-state index contributed by atoms with van der Waals surface area (Å²) in [5, 5.41) is 0.0392. The Morgan fingerprint density at radius 2 is 1.69 bits per heavy atom. The van der Waals surface area contributed by atoms with Crippen LogP contribution in [0.25, 0.3) is 0 Å². The number of unbranched alkanes of at least 4 members (excludes halogenated alkanes) is 1. The Balaban J connectivity index is 2.21. The number of hydrogen-bond acceptors (Lipinski definition) is 4. The van der Waals surface area contributed by atoms with E-state index in [-0.39, 0.29) is 17.6 Å². The number of benzene rings is 2. The largest absolute Gasteiger partial charge is 0.541 e. The molecule has 2 aromatic rings. The van der Waals surface area contributed by atoms with Crippen LogP contribution < -0.4 is 9.16 Å². The van der Waals surface area contributed by atoms with Crippen molar-refractivity contribution in [2.24, 2.45) is 0 Å². The highest BCUT2D eigenvalue weighted by Gasteiger charge is 2.39. The van der Waals surface area contributed by atoms with E-state index in [0.29, 0.717) is 23.7 Å². The molecule has 0 aliphatic carbocycles. The van der Waals surface area contributed by atoms with E-state index < -0.39 is 8.32 Å². The number of ether oxygens (including phenoxy) is 2. The molecule has 2 rings (SSSR count). The Morgan fingerprint density at radius 3 is 2.31 bits per heavy atom. The van der Waals surface area contributed by atoms with Gasteiger partial charge in [-0.2, -0.15) is 0 Å². The van der Waals surface area contributed by atoms with E-state index in [1.54, 1.807) is 12.1 Å². The summed E-state index contributed by atoms with van der Waals surface area (Å²) in [4.78, 5) is 12.6. The molecule has 0 fully saturated rings. The van der Waals surface area contributed by atoms with Gasteiger partial charge in [0.15, 0.2) is 5.75 Å². The molecule has 0 saturated heterocycles. The van der Waals surface area contributed by atoms with Gasteiger partial charge >= 0.3 is 5.97 Å². The molecule has 2 aromatic carbocycles. The van der Waals surface area contributed by atoms with Crippen molar-refractivity contribution < 1.29 is 18.7 Å². The van der Waals surface area contributed by atoms with Crippen molar-refractivity contribution in [3.05, 3.63) is 59.7 Å². The van der Waals surface area contributed by atoms with Gasteiger partial charge in [-0.25, -0.2) is 4.79 Å². The van der Waals surface area contributed by atoms with Crippen LogP contribution in [0.3, 0.4) is 0 Å². The van der Waals surface area contributed by atoms with Crippen molar-refractivity contribution in [3.63, 3.8) is 0 Å². The molecule has 0 amide bonds. The highest BCUT2D eigenvalue weighted by Crippen LogP contribution is 2.40. The highest BCUT2D eigenvalue weighted by molar-refractivity contribution is 6.74. The second kappa shape index (κ2) is 9.97. The zero-order valence-corrected chi connectivity index (χ0v) is 19.6. The smallest absolute Gasteiger partial charge is 0.338 e. The maximum absolute atomic E-state index is 12.6. The Labute approximate surface area is 176 Å². The van der Waals surface area contributed by atoms with Crippen LogP contribution in [0.4, 0.5) is 0 Å². The third kappa shape index (κ3) is 6.63. The minimum atomic E-state index is -2.09. The van der Waals surface area contributed by atoms with Gasteiger partial charge < -0.3 is 13.9 Å². The second-order valence-corrected chi connectivity index (χ2v) is 13.5. The Morgan fingerprint density at radius 1 is 1.00 bits per heavy atom. The van der Waals surface area contributed by atoms with Gasteiger partial charge in [0.2, 0.25) is 0 Å². The quantitative estimate of drug-likeness (QED) is 0.263. The first kappa shape index (κ1) is 23.0. The van der Waals surface area contributed by atoms with E-state index in [0.717, 1.165) is 18.4 Å². The second-order valence-electron chi connectivity index (χ2n) is 8.79. The van der Waals surface area contributed by atoms with Crippen LogP contribution in [0, 0.1) is 0 Å². The normalized spacial score (nSPS) is 11.8. The number of carbonyl (C=O) groups excluding carboxylic acids is 1. The third-order valence-electron chi connectivity index (χ3n) is 5.32. The summed E-state index contributed by atoms with van der Waals surface area (Å²) in [6.07, 6.45) is 2.03. The molecule has 29 heavy (non-hydrogen) atoms. The Kier molecular flexibility index (Phi) is 7.91. The van der Waals surface area contributed by atoms with Crippen LogP contribution >= 0.6 is 0 Å². The summed E-state index contributed by atoms with van der Waals surface area (Å²) < 4.78 is 17.9. The third-order valence-corrected chi connectivity index (χ3v) is 9.66. The lowest BCUT2D eigenvalue weighted by Gasteiger charge is -2.37. The number of hydrogen-bond donors (Lipinski definition) is 0. The molecule has 0 bridgehead atoms. The average Bonchev–Trinajstić information content (AvgIpc) is 2.67. The van der Waals surface area contributed by atoms with Gasteiger partial charge in [-0.3, -0.25) is 0 Å². The van der Waals surface area contributed by atoms with E-state index in [4.69, 9.17) is 13.9 Å². The number of esters is 1. The molecule has 0 atom stereocenters. The van der Waals surface area contributed by atoms with Gasteiger partial charge in [0, 0.05) is 0 Å². The summed E-state index contributed by atoms with van der Waals surface area (Å²) in [6, 6.07) is 15.0. The van der Waals surface area contributed by atoms with Crippen LogP contribution in [-0.2, 0) is 11.3 Å². The van der Waals surface area contributed by atoms with Crippen LogP contribution in [0.1, 0.15) is 56.5 Å². The van der Waals surface area contributed by atoms with Gasteiger partial charge in [-0.1, -0.05) is 64.4 Å². The summed E-state index contributed by atoms with van der Waals surface area (Å²) in [5.41, 5.74) is 1.43. The molecule has 0 unspecified atom stereocenters. The van der Waals surface area contributed by atoms with Crippen LogP contribution in [0.15, 0.2) is 48.5 Å². The van der Waals surface area contributed by atoms with Gasteiger partial charge in [-0.05, 0) is 48.3 Å². The summed E-state index contributed by atoms with van der Waals surface area (Å²) in [6.45, 7) is 13.9. The molecule has 0 radical (unpaired) electrons. The molecular formula is C24H34O4Si. The number of rotatable bonds is 9.